The van der Waals surface area contributed by atoms with E-state index in [9.17, 15) is 14.7 Å². The molecule has 0 saturated heterocycles. The number of oxazole rings is 1. The molecule has 1 amide bonds. The molecule has 0 unspecified atom stereocenters. The molecule has 2 N–H and O–H groups in total. The van der Waals surface area contributed by atoms with Crippen LogP contribution >= 0.6 is 11.6 Å². The van der Waals surface area contributed by atoms with Gasteiger partial charge in [0.05, 0.1) is 11.6 Å². The van der Waals surface area contributed by atoms with E-state index >= 15 is 0 Å². The quantitative estimate of drug-likeness (QED) is 0.893. The van der Waals surface area contributed by atoms with Gasteiger partial charge in [0.1, 0.15) is 0 Å². The number of nitrogens with zero attached hydrogens (tertiary/aromatic N) is 1. The van der Waals surface area contributed by atoms with Crippen molar-refractivity contribution >= 4 is 28.6 Å². The van der Waals surface area contributed by atoms with Crippen LogP contribution in [-0.4, -0.2) is 27.7 Å². The summed E-state index contributed by atoms with van der Waals surface area (Å²) in [4.78, 5) is 23.9. The minimum atomic E-state index is -0.490. The lowest BCUT2D eigenvalue weighted by molar-refractivity contribution is -0.122. The Balaban J connectivity index is 1.61. The Bertz CT molecular complexity index is 759. The molecule has 0 atom stereocenters. The number of carbonyl (C=O) groups is 1. The predicted octanol–water partition coefficient (Wildman–Crippen LogP) is 2.06. The van der Waals surface area contributed by atoms with Crippen molar-refractivity contribution in [2.24, 2.45) is 0 Å². The highest BCUT2D eigenvalue weighted by Gasteiger charge is 2.21. The maximum absolute atomic E-state index is 12.0. The molecule has 1 aromatic heterocycles. The van der Waals surface area contributed by atoms with Crippen LogP contribution < -0.4 is 11.1 Å². The van der Waals surface area contributed by atoms with Gasteiger partial charge in [-0.3, -0.25) is 9.36 Å². The molecule has 1 aliphatic carbocycles. The van der Waals surface area contributed by atoms with Crippen LogP contribution in [0.1, 0.15) is 32.1 Å². The Kier molecular flexibility index (Phi) is 4.73. The van der Waals surface area contributed by atoms with Gasteiger partial charge in [-0.25, -0.2) is 4.79 Å². The third-order valence-electron chi connectivity index (χ3n) is 4.25. The largest absolute Gasteiger partial charge is 0.419 e. The molecule has 1 aliphatic rings. The van der Waals surface area contributed by atoms with Crippen LogP contribution in [0, 0.1) is 0 Å². The van der Waals surface area contributed by atoms with Crippen molar-refractivity contribution in [3.8, 4) is 0 Å². The van der Waals surface area contributed by atoms with Gasteiger partial charge in [-0.05, 0) is 37.8 Å². The summed E-state index contributed by atoms with van der Waals surface area (Å²) >= 11 is 5.87. The second-order valence-electron chi connectivity index (χ2n) is 5.95. The number of aryl methyl sites for hydroxylation is 1. The van der Waals surface area contributed by atoms with Crippen LogP contribution in [0.3, 0.4) is 0 Å². The molecule has 6 nitrogen and oxygen atoms in total. The maximum atomic E-state index is 12.0. The zero-order chi connectivity index (χ0) is 16.4. The number of rotatable bonds is 4. The molecule has 1 heterocycles. The van der Waals surface area contributed by atoms with Gasteiger partial charge in [-0.1, -0.05) is 11.6 Å². The summed E-state index contributed by atoms with van der Waals surface area (Å²) in [6, 6.07) is 5.09. The van der Waals surface area contributed by atoms with Crippen molar-refractivity contribution in [1.82, 2.24) is 9.88 Å². The van der Waals surface area contributed by atoms with Gasteiger partial charge in [-0.15, -0.1) is 0 Å². The third kappa shape index (κ3) is 3.76. The standard InChI is InChI=1S/C16H19ClN2O4/c17-10-1-6-13-14(9-10)23-16(22)19(13)8-7-15(21)18-11-2-4-12(20)5-3-11/h1,6,9,11-12,20H,2-5,7-8H2,(H,18,21). The average molecular weight is 339 g/mol. The van der Waals surface area contributed by atoms with Crippen LogP contribution in [-0.2, 0) is 11.3 Å². The van der Waals surface area contributed by atoms with E-state index in [4.69, 9.17) is 16.0 Å². The lowest BCUT2D eigenvalue weighted by Crippen LogP contribution is -2.39. The van der Waals surface area contributed by atoms with E-state index < -0.39 is 5.76 Å². The molecule has 0 aliphatic heterocycles. The molecule has 2 aromatic rings. The number of halogens is 1. The SMILES string of the molecule is O=C(CCn1c(=O)oc2cc(Cl)ccc21)NC1CCC(O)CC1. The Labute approximate surface area is 138 Å². The smallest absolute Gasteiger partial charge is 0.408 e. The van der Waals surface area contributed by atoms with Gasteiger partial charge in [0, 0.05) is 30.1 Å². The number of hydrogen-bond acceptors (Lipinski definition) is 4. The number of hydrogen-bond donors (Lipinski definition) is 2. The summed E-state index contributed by atoms with van der Waals surface area (Å²) in [5.74, 6) is -0.586. The van der Waals surface area contributed by atoms with Gasteiger partial charge in [0.25, 0.3) is 0 Å². The van der Waals surface area contributed by atoms with E-state index in [1.54, 1.807) is 18.2 Å². The van der Waals surface area contributed by atoms with Gasteiger partial charge >= 0.3 is 5.76 Å². The van der Waals surface area contributed by atoms with E-state index in [2.05, 4.69) is 5.32 Å². The first-order valence-corrected chi connectivity index (χ1v) is 8.17. The molecule has 0 radical (unpaired) electrons. The normalized spacial score (nSPS) is 21.5. The van der Waals surface area contributed by atoms with Crippen LogP contribution in [0.5, 0.6) is 0 Å². The highest BCUT2D eigenvalue weighted by Crippen LogP contribution is 2.19. The number of nitrogens with one attached hydrogen (secondary N) is 1. The maximum Gasteiger partial charge on any atom is 0.419 e. The number of carbonyl (C=O) groups excluding carboxylic acids is 1. The molecule has 0 bridgehead atoms. The van der Waals surface area contributed by atoms with Gasteiger partial charge < -0.3 is 14.8 Å². The fraction of sp³-hybridized carbons (Fsp3) is 0.500. The fourth-order valence-electron chi connectivity index (χ4n) is 2.99. The Hall–Kier alpha value is -1.79. The van der Waals surface area contributed by atoms with Gasteiger partial charge in [-0.2, -0.15) is 0 Å². The van der Waals surface area contributed by atoms with Crippen molar-refractivity contribution in [1.29, 1.82) is 0 Å². The molecule has 1 saturated carbocycles. The third-order valence-corrected chi connectivity index (χ3v) is 4.49. The predicted molar refractivity (Wildman–Crippen MR) is 86.5 cm³/mol. The summed E-state index contributed by atoms with van der Waals surface area (Å²) in [6.45, 7) is 0.259. The first-order valence-electron chi connectivity index (χ1n) is 7.79. The second kappa shape index (κ2) is 6.76. The van der Waals surface area contributed by atoms with Crippen molar-refractivity contribution < 1.29 is 14.3 Å². The Morgan fingerprint density at radius 3 is 2.83 bits per heavy atom. The van der Waals surface area contributed by atoms with E-state index in [-0.39, 0.29) is 31.0 Å². The van der Waals surface area contributed by atoms with Crippen molar-refractivity contribution in [2.45, 2.75) is 50.8 Å². The number of benzene rings is 1. The first-order chi connectivity index (χ1) is 11.0. The molecule has 1 aromatic carbocycles. The van der Waals surface area contributed by atoms with E-state index in [0.29, 0.717) is 16.1 Å². The highest BCUT2D eigenvalue weighted by molar-refractivity contribution is 6.31. The van der Waals surface area contributed by atoms with Gasteiger partial charge in [0.15, 0.2) is 5.58 Å². The lowest BCUT2D eigenvalue weighted by atomic mass is 9.93. The van der Waals surface area contributed by atoms with Crippen LogP contribution in [0.2, 0.25) is 5.02 Å². The molecular weight excluding hydrogens is 320 g/mol. The zero-order valence-electron chi connectivity index (χ0n) is 12.6. The van der Waals surface area contributed by atoms with Crippen LogP contribution in [0.15, 0.2) is 27.4 Å². The minimum Gasteiger partial charge on any atom is -0.408 e. The number of fused-ring (bicyclic) bond motifs is 1. The van der Waals surface area contributed by atoms with E-state index in [0.717, 1.165) is 25.7 Å². The first kappa shape index (κ1) is 16.1. The molecule has 0 spiro atoms. The topological polar surface area (TPSA) is 84.5 Å². The van der Waals surface area contributed by atoms with E-state index in [1.165, 1.54) is 4.57 Å². The van der Waals surface area contributed by atoms with Crippen LogP contribution in [0.25, 0.3) is 11.1 Å². The van der Waals surface area contributed by atoms with Crippen molar-refractivity contribution in [2.75, 3.05) is 0 Å². The average Bonchev–Trinajstić information content (AvgIpc) is 2.82. The van der Waals surface area contributed by atoms with Crippen molar-refractivity contribution in [3.05, 3.63) is 33.8 Å². The summed E-state index contributed by atoms with van der Waals surface area (Å²) < 4.78 is 6.58. The number of aliphatic hydroxyl groups excluding tert-OH is 1. The molecular formula is C16H19ClN2O4. The van der Waals surface area contributed by atoms with Crippen LogP contribution in [0.4, 0.5) is 0 Å². The molecule has 23 heavy (non-hydrogen) atoms. The molecule has 124 valence electrons. The van der Waals surface area contributed by atoms with Crippen molar-refractivity contribution in [3.63, 3.8) is 0 Å². The molecule has 7 heteroatoms. The van der Waals surface area contributed by atoms with Gasteiger partial charge in [0.2, 0.25) is 5.91 Å². The Morgan fingerprint density at radius 2 is 2.09 bits per heavy atom. The second-order valence-corrected chi connectivity index (χ2v) is 6.39. The molecule has 1 fully saturated rings. The molecule has 3 rings (SSSR count). The summed E-state index contributed by atoms with van der Waals surface area (Å²) in [5.41, 5.74) is 1.05. The van der Waals surface area contributed by atoms with E-state index in [1.807, 2.05) is 0 Å². The summed E-state index contributed by atoms with van der Waals surface area (Å²) in [7, 11) is 0. The lowest BCUT2D eigenvalue weighted by Gasteiger charge is -2.26. The summed E-state index contributed by atoms with van der Waals surface area (Å²) in [6.07, 6.45) is 2.98. The number of aliphatic hydroxyl groups is 1. The zero-order valence-corrected chi connectivity index (χ0v) is 13.4. The summed E-state index contributed by atoms with van der Waals surface area (Å²) in [5, 5.41) is 12.9. The fourth-order valence-corrected chi connectivity index (χ4v) is 3.15. The monoisotopic (exact) mass is 338 g/mol. The number of aromatic nitrogens is 1. The Morgan fingerprint density at radius 1 is 1.35 bits per heavy atom. The highest BCUT2D eigenvalue weighted by atomic mass is 35.5. The number of amides is 1. The minimum absolute atomic E-state index is 0.0957.